The van der Waals surface area contributed by atoms with Gasteiger partial charge in [-0.15, -0.1) is 0 Å². The number of aliphatic hydroxyl groups excluding tert-OH is 1. The molecule has 0 saturated carbocycles. The number of primary amides is 1. The number of nitrogens with one attached hydrogen (secondary N) is 1. The van der Waals surface area contributed by atoms with Crippen LogP contribution in [0.25, 0.3) is 0 Å². The molecule has 8 heteroatoms. The lowest BCUT2D eigenvalue weighted by atomic mass is 10.1. The molecule has 0 fully saturated rings. The van der Waals surface area contributed by atoms with Gasteiger partial charge in [-0.25, -0.2) is 4.98 Å². The first kappa shape index (κ1) is 16.4. The van der Waals surface area contributed by atoms with Crippen molar-refractivity contribution >= 4 is 17.4 Å². The minimum atomic E-state index is -0.832. The lowest BCUT2D eigenvalue weighted by molar-refractivity contribution is -0.385. The molecule has 1 atom stereocenters. The number of rotatable bonds is 7. The SMILES string of the molecule is NC(=O)c1cc([N+](=O)[O-])cnc1NCC(O)Cc1ccccc1. The molecule has 0 aliphatic rings. The summed E-state index contributed by atoms with van der Waals surface area (Å²) in [7, 11) is 0. The summed E-state index contributed by atoms with van der Waals surface area (Å²) < 4.78 is 0. The Morgan fingerprint density at radius 1 is 1.39 bits per heavy atom. The Bertz CT molecular complexity index is 706. The first-order chi connectivity index (χ1) is 11.0. The molecular formula is C15H16N4O4. The van der Waals surface area contributed by atoms with Gasteiger partial charge >= 0.3 is 0 Å². The number of amides is 1. The second-order valence-corrected chi connectivity index (χ2v) is 4.94. The number of hydrogen-bond donors (Lipinski definition) is 3. The highest BCUT2D eigenvalue weighted by Gasteiger charge is 2.17. The van der Waals surface area contributed by atoms with Crippen LogP contribution in [-0.2, 0) is 6.42 Å². The van der Waals surface area contributed by atoms with Crippen molar-refractivity contribution in [3.8, 4) is 0 Å². The van der Waals surface area contributed by atoms with E-state index in [1.165, 1.54) is 0 Å². The highest BCUT2D eigenvalue weighted by atomic mass is 16.6. The zero-order chi connectivity index (χ0) is 16.8. The quantitative estimate of drug-likeness (QED) is 0.518. The van der Waals surface area contributed by atoms with Crippen molar-refractivity contribution in [1.82, 2.24) is 4.98 Å². The molecule has 0 bridgehead atoms. The van der Waals surface area contributed by atoms with Gasteiger partial charge in [0.15, 0.2) is 0 Å². The minimum absolute atomic E-state index is 0.0916. The number of aromatic nitrogens is 1. The maximum absolute atomic E-state index is 11.4. The van der Waals surface area contributed by atoms with Crippen LogP contribution >= 0.6 is 0 Å². The average molecular weight is 316 g/mol. The fraction of sp³-hybridized carbons (Fsp3) is 0.200. The molecule has 23 heavy (non-hydrogen) atoms. The number of nitro groups is 1. The van der Waals surface area contributed by atoms with E-state index in [9.17, 15) is 20.0 Å². The second kappa shape index (κ2) is 7.32. The van der Waals surface area contributed by atoms with Crippen LogP contribution in [0.5, 0.6) is 0 Å². The van der Waals surface area contributed by atoms with Gasteiger partial charge in [0.2, 0.25) is 0 Å². The molecular weight excluding hydrogens is 300 g/mol. The van der Waals surface area contributed by atoms with Crippen molar-refractivity contribution in [3.05, 3.63) is 63.8 Å². The first-order valence-electron chi connectivity index (χ1n) is 6.87. The minimum Gasteiger partial charge on any atom is -0.391 e. The Morgan fingerprint density at radius 3 is 2.70 bits per heavy atom. The highest BCUT2D eigenvalue weighted by molar-refractivity contribution is 5.98. The summed E-state index contributed by atoms with van der Waals surface area (Å²) in [6.45, 7) is 0.125. The molecule has 2 rings (SSSR count). The third-order valence-electron chi connectivity index (χ3n) is 3.17. The molecule has 0 spiro atoms. The van der Waals surface area contributed by atoms with Gasteiger partial charge in [-0.2, -0.15) is 0 Å². The molecule has 0 saturated heterocycles. The summed E-state index contributed by atoms with van der Waals surface area (Å²) >= 11 is 0. The zero-order valence-electron chi connectivity index (χ0n) is 12.2. The zero-order valence-corrected chi connectivity index (χ0v) is 12.2. The van der Waals surface area contributed by atoms with Crippen LogP contribution in [0.2, 0.25) is 0 Å². The van der Waals surface area contributed by atoms with Gasteiger partial charge < -0.3 is 16.2 Å². The van der Waals surface area contributed by atoms with Gasteiger partial charge in [-0.05, 0) is 5.56 Å². The second-order valence-electron chi connectivity index (χ2n) is 4.94. The Labute approximate surface area is 132 Å². The third-order valence-corrected chi connectivity index (χ3v) is 3.17. The van der Waals surface area contributed by atoms with Crippen molar-refractivity contribution in [2.24, 2.45) is 5.73 Å². The Balaban J connectivity index is 2.05. The standard InChI is InChI=1S/C15H16N4O4/c16-14(21)13-7-11(19(22)23)8-17-15(13)18-9-12(20)6-10-4-2-1-3-5-10/h1-5,7-8,12,20H,6,9H2,(H2,16,21)(H,17,18). The van der Waals surface area contributed by atoms with E-state index in [1.807, 2.05) is 30.3 Å². The van der Waals surface area contributed by atoms with E-state index in [4.69, 9.17) is 5.73 Å². The van der Waals surface area contributed by atoms with Crippen LogP contribution in [0, 0.1) is 10.1 Å². The van der Waals surface area contributed by atoms with Crippen LogP contribution in [0.15, 0.2) is 42.6 Å². The maximum atomic E-state index is 11.4. The summed E-state index contributed by atoms with van der Waals surface area (Å²) in [4.78, 5) is 25.3. The number of nitrogens with zero attached hydrogens (tertiary/aromatic N) is 2. The van der Waals surface area contributed by atoms with E-state index in [2.05, 4.69) is 10.3 Å². The number of benzene rings is 1. The van der Waals surface area contributed by atoms with E-state index in [0.29, 0.717) is 6.42 Å². The lowest BCUT2D eigenvalue weighted by Gasteiger charge is -2.13. The molecule has 1 aromatic carbocycles. The molecule has 8 nitrogen and oxygen atoms in total. The van der Waals surface area contributed by atoms with Crippen molar-refractivity contribution in [2.45, 2.75) is 12.5 Å². The molecule has 1 unspecified atom stereocenters. The molecule has 2 aromatic rings. The highest BCUT2D eigenvalue weighted by Crippen LogP contribution is 2.18. The van der Waals surface area contributed by atoms with E-state index < -0.39 is 16.9 Å². The van der Waals surface area contributed by atoms with E-state index in [-0.39, 0.29) is 23.6 Å². The number of pyridine rings is 1. The Kier molecular flexibility index (Phi) is 5.21. The van der Waals surface area contributed by atoms with E-state index in [1.54, 1.807) is 0 Å². The van der Waals surface area contributed by atoms with Crippen LogP contribution < -0.4 is 11.1 Å². The Morgan fingerprint density at radius 2 is 2.09 bits per heavy atom. The number of nitrogens with two attached hydrogens (primary N) is 1. The first-order valence-corrected chi connectivity index (χ1v) is 6.87. The van der Waals surface area contributed by atoms with Crippen molar-refractivity contribution in [1.29, 1.82) is 0 Å². The van der Waals surface area contributed by atoms with Crippen LogP contribution in [0.3, 0.4) is 0 Å². The monoisotopic (exact) mass is 316 g/mol. The van der Waals surface area contributed by atoms with Crippen molar-refractivity contribution in [3.63, 3.8) is 0 Å². The largest absolute Gasteiger partial charge is 0.391 e. The number of hydrogen-bond acceptors (Lipinski definition) is 6. The predicted octanol–water partition coefficient (Wildman–Crippen LogP) is 1.10. The normalized spacial score (nSPS) is 11.7. The van der Waals surface area contributed by atoms with E-state index in [0.717, 1.165) is 17.8 Å². The summed E-state index contributed by atoms with van der Waals surface area (Å²) in [6.07, 6.45) is 0.737. The molecule has 1 aromatic heterocycles. The topological polar surface area (TPSA) is 131 Å². The van der Waals surface area contributed by atoms with Crippen LogP contribution in [0.4, 0.5) is 11.5 Å². The molecule has 1 amide bonds. The molecule has 0 radical (unpaired) electrons. The number of aliphatic hydroxyl groups is 1. The lowest BCUT2D eigenvalue weighted by Crippen LogP contribution is -2.24. The van der Waals surface area contributed by atoms with Gasteiger partial charge in [-0.1, -0.05) is 30.3 Å². The van der Waals surface area contributed by atoms with Crippen LogP contribution in [0.1, 0.15) is 15.9 Å². The number of carbonyl (C=O) groups is 1. The summed E-state index contributed by atoms with van der Waals surface area (Å²) in [5.74, 6) is -0.725. The predicted molar refractivity (Wildman–Crippen MR) is 84.1 cm³/mol. The average Bonchev–Trinajstić information content (AvgIpc) is 2.53. The van der Waals surface area contributed by atoms with Crippen LogP contribution in [-0.4, -0.2) is 33.6 Å². The summed E-state index contributed by atoms with van der Waals surface area (Å²) in [6, 6.07) is 10.5. The smallest absolute Gasteiger partial charge is 0.288 e. The van der Waals surface area contributed by atoms with Gasteiger partial charge in [0.1, 0.15) is 12.0 Å². The fourth-order valence-electron chi connectivity index (χ4n) is 2.06. The van der Waals surface area contributed by atoms with Crippen molar-refractivity contribution < 1.29 is 14.8 Å². The van der Waals surface area contributed by atoms with Gasteiger partial charge in [-0.3, -0.25) is 14.9 Å². The van der Waals surface area contributed by atoms with Gasteiger partial charge in [0.05, 0.1) is 16.6 Å². The fourth-order valence-corrected chi connectivity index (χ4v) is 2.06. The maximum Gasteiger partial charge on any atom is 0.288 e. The van der Waals surface area contributed by atoms with Gasteiger partial charge in [0.25, 0.3) is 11.6 Å². The Hall–Kier alpha value is -3.00. The number of carbonyl (C=O) groups excluding carboxylic acids is 1. The summed E-state index contributed by atoms with van der Waals surface area (Å²) in [5.41, 5.74) is 5.76. The van der Waals surface area contributed by atoms with E-state index >= 15 is 0 Å². The third kappa shape index (κ3) is 4.48. The number of anilines is 1. The molecule has 120 valence electrons. The summed E-state index contributed by atoms with van der Waals surface area (Å²) in [5, 5.41) is 23.5. The molecule has 0 aliphatic heterocycles. The van der Waals surface area contributed by atoms with Crippen molar-refractivity contribution in [2.75, 3.05) is 11.9 Å². The van der Waals surface area contributed by atoms with Gasteiger partial charge in [0, 0.05) is 19.0 Å². The molecule has 0 aliphatic carbocycles. The molecule has 1 heterocycles. The molecule has 4 N–H and O–H groups in total.